The molecule has 1 aromatic heterocycles. The molecule has 3 aromatic rings. The van der Waals surface area contributed by atoms with E-state index in [-0.39, 0.29) is 17.3 Å². The summed E-state index contributed by atoms with van der Waals surface area (Å²) in [6.07, 6.45) is 0.703. The van der Waals surface area contributed by atoms with Gasteiger partial charge in [-0.15, -0.1) is 0 Å². The molecule has 2 aromatic carbocycles. The Morgan fingerprint density at radius 3 is 2.26 bits per heavy atom. The number of aliphatic hydroxyl groups excluding tert-OH is 1. The first-order chi connectivity index (χ1) is 18.2. The van der Waals surface area contributed by atoms with Crippen LogP contribution in [0.1, 0.15) is 41.0 Å². The fourth-order valence-corrected chi connectivity index (χ4v) is 6.76. The highest BCUT2D eigenvalue weighted by molar-refractivity contribution is 5.60. The Kier molecular flexibility index (Phi) is 5.74. The summed E-state index contributed by atoms with van der Waals surface area (Å²) in [5.74, 6) is 0.0508. The summed E-state index contributed by atoms with van der Waals surface area (Å²) in [5, 5.41) is 25.0. The Hall–Kier alpha value is -3.17. The van der Waals surface area contributed by atoms with Crippen molar-refractivity contribution in [2.24, 2.45) is 11.7 Å². The van der Waals surface area contributed by atoms with Crippen molar-refractivity contribution in [1.29, 1.82) is 0 Å². The molecule has 0 radical (unpaired) electrons. The van der Waals surface area contributed by atoms with Gasteiger partial charge in [0.25, 0.3) is 0 Å². The molecular weight excluding hydrogens is 482 g/mol. The molecule has 8 heteroatoms. The highest BCUT2D eigenvalue weighted by Crippen LogP contribution is 2.70. The van der Waals surface area contributed by atoms with Crippen molar-refractivity contribution in [1.82, 2.24) is 9.88 Å². The van der Waals surface area contributed by atoms with Gasteiger partial charge in [-0.2, -0.15) is 4.98 Å². The molecule has 0 spiro atoms. The lowest BCUT2D eigenvalue weighted by Gasteiger charge is -2.41. The Labute approximate surface area is 223 Å². The second-order valence-electron chi connectivity index (χ2n) is 11.1. The van der Waals surface area contributed by atoms with Crippen LogP contribution < -0.4 is 19.9 Å². The smallest absolute Gasteiger partial charge is 0.226 e. The minimum Gasteiger partial charge on any atom is -0.481 e. The van der Waals surface area contributed by atoms with Crippen molar-refractivity contribution < 1.29 is 24.4 Å². The summed E-state index contributed by atoms with van der Waals surface area (Å²) in [4.78, 5) is 6.49. The Morgan fingerprint density at radius 2 is 1.68 bits per heavy atom. The van der Waals surface area contributed by atoms with E-state index >= 15 is 0 Å². The van der Waals surface area contributed by atoms with Crippen LogP contribution >= 0.6 is 0 Å². The van der Waals surface area contributed by atoms with Gasteiger partial charge in [-0.3, -0.25) is 0 Å². The molecule has 3 aliphatic rings. The molecule has 0 saturated heterocycles. The highest BCUT2D eigenvalue weighted by Gasteiger charge is 2.77. The van der Waals surface area contributed by atoms with Gasteiger partial charge in [0, 0.05) is 30.0 Å². The zero-order valence-corrected chi connectivity index (χ0v) is 22.2. The molecule has 2 aliphatic carbocycles. The molecule has 38 heavy (non-hydrogen) atoms. The normalized spacial score (nSPS) is 30.5. The van der Waals surface area contributed by atoms with Gasteiger partial charge in [-0.05, 0) is 43.6 Å². The van der Waals surface area contributed by atoms with E-state index in [1.54, 1.807) is 6.07 Å². The monoisotopic (exact) mass is 517 g/mol. The number of benzene rings is 2. The first-order valence-electron chi connectivity index (χ1n) is 13.0. The fourth-order valence-electron chi connectivity index (χ4n) is 6.76. The quantitative estimate of drug-likeness (QED) is 0.439. The number of rotatable bonds is 7. The number of aliphatic hydroxyl groups is 2. The summed E-state index contributed by atoms with van der Waals surface area (Å²) in [5.41, 5.74) is 6.05. The van der Waals surface area contributed by atoms with Crippen LogP contribution in [-0.2, 0) is 16.7 Å². The molecule has 8 nitrogen and oxygen atoms in total. The predicted octanol–water partition coefficient (Wildman–Crippen LogP) is 2.86. The number of pyridine rings is 1. The lowest BCUT2D eigenvalue weighted by molar-refractivity contribution is -0.152. The summed E-state index contributed by atoms with van der Waals surface area (Å²) in [6.45, 7) is 0.527. The van der Waals surface area contributed by atoms with Crippen molar-refractivity contribution in [2.45, 2.75) is 41.6 Å². The third-order valence-corrected chi connectivity index (χ3v) is 8.66. The number of aromatic nitrogens is 1. The lowest BCUT2D eigenvalue weighted by atomic mass is 9.70. The fraction of sp³-hybridized carbons (Fsp3) is 0.433. The standard InChI is InChI=1S/C30H35N3O5/c1-33(2)17-21-24(18-8-6-5-7-9-18)30(20-12-10-19(11-13-20)28(31)14-15-28)29(35,26(21)34)25-22(38-30)16-23(36-3)32-27(25)37-4/h5-13,16,21,24,26,34-35H,14-15,17,31H2,1-4H3/t21-,24-,26-,29+,30+/m1/s1. The van der Waals surface area contributed by atoms with E-state index in [2.05, 4.69) is 4.98 Å². The largest absolute Gasteiger partial charge is 0.481 e. The zero-order chi connectivity index (χ0) is 26.9. The zero-order valence-electron chi connectivity index (χ0n) is 22.2. The van der Waals surface area contributed by atoms with Crippen molar-refractivity contribution in [3.63, 3.8) is 0 Å². The number of fused-ring (bicyclic) bond motifs is 3. The summed E-state index contributed by atoms with van der Waals surface area (Å²) >= 11 is 0. The number of nitrogens with two attached hydrogens (primary N) is 1. The molecule has 5 atom stereocenters. The first kappa shape index (κ1) is 25.1. The first-order valence-corrected chi connectivity index (χ1v) is 13.0. The van der Waals surface area contributed by atoms with E-state index in [1.807, 2.05) is 73.6 Å². The Balaban J connectivity index is 1.64. The van der Waals surface area contributed by atoms with Crippen LogP contribution in [0.3, 0.4) is 0 Å². The van der Waals surface area contributed by atoms with Crippen molar-refractivity contribution in [2.75, 3.05) is 34.9 Å². The van der Waals surface area contributed by atoms with Crippen molar-refractivity contribution in [3.8, 4) is 17.5 Å². The van der Waals surface area contributed by atoms with Gasteiger partial charge in [-0.25, -0.2) is 0 Å². The van der Waals surface area contributed by atoms with Crippen LogP contribution in [0.25, 0.3) is 0 Å². The van der Waals surface area contributed by atoms with Gasteiger partial charge >= 0.3 is 0 Å². The third-order valence-electron chi connectivity index (χ3n) is 8.66. The lowest BCUT2D eigenvalue weighted by Crippen LogP contribution is -2.52. The summed E-state index contributed by atoms with van der Waals surface area (Å²) in [6, 6.07) is 19.6. The molecule has 2 fully saturated rings. The molecule has 1 aliphatic heterocycles. The van der Waals surface area contributed by atoms with E-state index in [4.69, 9.17) is 19.9 Å². The van der Waals surface area contributed by atoms with Gasteiger partial charge < -0.3 is 35.1 Å². The summed E-state index contributed by atoms with van der Waals surface area (Å²) in [7, 11) is 6.94. The van der Waals surface area contributed by atoms with Gasteiger partial charge in [0.2, 0.25) is 11.8 Å². The van der Waals surface area contributed by atoms with Crippen LogP contribution in [-0.4, -0.2) is 61.1 Å². The van der Waals surface area contributed by atoms with Gasteiger partial charge in [-0.1, -0.05) is 54.6 Å². The molecule has 2 saturated carbocycles. The van der Waals surface area contributed by atoms with Gasteiger partial charge in [0.1, 0.15) is 5.75 Å². The maximum absolute atomic E-state index is 12.9. The topological polar surface area (TPSA) is 110 Å². The third kappa shape index (κ3) is 3.34. The average molecular weight is 518 g/mol. The van der Waals surface area contributed by atoms with Gasteiger partial charge in [0.15, 0.2) is 11.2 Å². The van der Waals surface area contributed by atoms with E-state index in [1.165, 1.54) is 14.2 Å². The van der Waals surface area contributed by atoms with Crippen molar-refractivity contribution in [3.05, 3.63) is 82.9 Å². The van der Waals surface area contributed by atoms with Gasteiger partial charge in [0.05, 0.1) is 25.9 Å². The second-order valence-corrected chi connectivity index (χ2v) is 11.1. The Morgan fingerprint density at radius 1 is 1.03 bits per heavy atom. The van der Waals surface area contributed by atoms with E-state index < -0.39 is 23.2 Å². The number of ether oxygens (including phenoxy) is 3. The predicted molar refractivity (Wildman–Crippen MR) is 142 cm³/mol. The van der Waals surface area contributed by atoms with Crippen LogP contribution in [0, 0.1) is 5.92 Å². The summed E-state index contributed by atoms with van der Waals surface area (Å²) < 4.78 is 18.0. The highest BCUT2D eigenvalue weighted by atomic mass is 16.5. The maximum atomic E-state index is 12.9. The number of hydrogen-bond donors (Lipinski definition) is 3. The average Bonchev–Trinajstić information content (AvgIpc) is 3.58. The molecule has 0 amide bonds. The van der Waals surface area contributed by atoms with Crippen LogP contribution in [0.15, 0.2) is 60.7 Å². The SMILES string of the molecule is COc1cc2c(c(OC)n1)[C@]1(O)[C@H](O)[C@H](CN(C)C)[C@@H](c3ccccc3)[C@]1(c1ccc(C3(N)CC3)cc1)O2. The molecule has 0 unspecified atom stereocenters. The molecule has 0 bridgehead atoms. The number of nitrogens with zero attached hydrogens (tertiary/aromatic N) is 2. The molecule has 4 N–H and O–H groups in total. The maximum Gasteiger partial charge on any atom is 0.226 e. The second kappa shape index (κ2) is 8.68. The van der Waals surface area contributed by atoms with Crippen molar-refractivity contribution >= 4 is 0 Å². The Bertz CT molecular complexity index is 1340. The molecular formula is C30H35N3O5. The minimum absolute atomic E-state index is 0.163. The molecule has 200 valence electrons. The van der Waals surface area contributed by atoms with Crippen LogP contribution in [0.4, 0.5) is 0 Å². The molecule has 2 heterocycles. The number of methoxy groups -OCH3 is 2. The van der Waals surface area contributed by atoms with Crippen LogP contribution in [0.2, 0.25) is 0 Å². The van der Waals surface area contributed by atoms with E-state index in [9.17, 15) is 10.2 Å². The number of hydrogen-bond acceptors (Lipinski definition) is 8. The minimum atomic E-state index is -1.87. The van der Waals surface area contributed by atoms with E-state index in [0.29, 0.717) is 23.7 Å². The molecule has 6 rings (SSSR count). The van der Waals surface area contributed by atoms with E-state index in [0.717, 1.165) is 29.5 Å². The van der Waals surface area contributed by atoms with Crippen LogP contribution in [0.5, 0.6) is 17.5 Å².